The van der Waals surface area contributed by atoms with E-state index in [-0.39, 0.29) is 23.0 Å². The molecule has 0 atom stereocenters. The summed E-state index contributed by atoms with van der Waals surface area (Å²) in [6.45, 7) is 5.86. The smallest absolute Gasteiger partial charge is 0.311 e. The number of amides is 1. The summed E-state index contributed by atoms with van der Waals surface area (Å²) >= 11 is 5.99. The highest BCUT2D eigenvalue weighted by atomic mass is 35.5. The van der Waals surface area contributed by atoms with Gasteiger partial charge in [0.1, 0.15) is 5.02 Å². The first-order valence-electron chi connectivity index (χ1n) is 7.20. The predicted octanol–water partition coefficient (Wildman–Crippen LogP) is 2.75. The molecule has 7 heteroatoms. The second kappa shape index (κ2) is 7.98. The summed E-state index contributed by atoms with van der Waals surface area (Å²) in [6.07, 6.45) is 2.22. The quantitative estimate of drug-likeness (QED) is 0.766. The van der Waals surface area contributed by atoms with E-state index in [2.05, 4.69) is 10.3 Å². The fraction of sp³-hybridized carbons (Fsp3) is 0.533. The third-order valence-corrected chi connectivity index (χ3v) is 4.02. The molecule has 0 aliphatic carbocycles. The standard InChI is InChI=1S/C15H21ClN2O4/c1-4-15(5-2,14(20)21)9-18-12(19)10-7-11(16)13(17-8-10)22-6-3/h7-8H,4-6,9H2,1-3H3,(H,18,19)(H,20,21). The van der Waals surface area contributed by atoms with Crippen LogP contribution in [0.15, 0.2) is 12.3 Å². The number of halogens is 1. The Morgan fingerprint density at radius 3 is 2.45 bits per heavy atom. The molecule has 0 aliphatic heterocycles. The number of carboxylic acids is 1. The third-order valence-electron chi connectivity index (χ3n) is 3.75. The summed E-state index contributed by atoms with van der Waals surface area (Å²) in [5, 5.41) is 12.2. The van der Waals surface area contributed by atoms with Crippen LogP contribution in [0.3, 0.4) is 0 Å². The highest BCUT2D eigenvalue weighted by molar-refractivity contribution is 6.32. The normalized spacial score (nSPS) is 11.1. The lowest BCUT2D eigenvalue weighted by Gasteiger charge is -2.26. The predicted molar refractivity (Wildman–Crippen MR) is 83.4 cm³/mol. The number of nitrogens with one attached hydrogen (secondary N) is 1. The van der Waals surface area contributed by atoms with E-state index in [4.69, 9.17) is 16.3 Å². The number of rotatable bonds is 8. The number of aromatic nitrogens is 1. The lowest BCUT2D eigenvalue weighted by Crippen LogP contribution is -2.42. The Balaban J connectivity index is 2.81. The number of nitrogens with zero attached hydrogens (tertiary/aromatic N) is 1. The largest absolute Gasteiger partial charge is 0.481 e. The summed E-state index contributed by atoms with van der Waals surface area (Å²) in [6, 6.07) is 1.45. The van der Waals surface area contributed by atoms with Crippen LogP contribution in [0.2, 0.25) is 5.02 Å². The van der Waals surface area contributed by atoms with E-state index in [9.17, 15) is 14.7 Å². The first-order valence-corrected chi connectivity index (χ1v) is 7.57. The molecule has 22 heavy (non-hydrogen) atoms. The Morgan fingerprint density at radius 1 is 1.36 bits per heavy atom. The molecule has 0 bridgehead atoms. The number of carboxylic acid groups (broad SMARTS) is 1. The van der Waals surface area contributed by atoms with E-state index in [0.29, 0.717) is 19.4 Å². The molecule has 0 saturated heterocycles. The van der Waals surface area contributed by atoms with Gasteiger partial charge in [-0.05, 0) is 25.8 Å². The monoisotopic (exact) mass is 328 g/mol. The molecule has 1 aromatic rings. The summed E-state index contributed by atoms with van der Waals surface area (Å²) in [5.41, 5.74) is -0.696. The van der Waals surface area contributed by atoms with E-state index in [1.807, 2.05) is 0 Å². The number of carbonyl (C=O) groups is 2. The van der Waals surface area contributed by atoms with Crippen molar-refractivity contribution < 1.29 is 19.4 Å². The lowest BCUT2D eigenvalue weighted by atomic mass is 9.82. The maximum absolute atomic E-state index is 12.1. The second-order valence-corrected chi connectivity index (χ2v) is 5.33. The zero-order chi connectivity index (χ0) is 16.8. The van der Waals surface area contributed by atoms with Crippen molar-refractivity contribution in [2.45, 2.75) is 33.6 Å². The number of aliphatic carboxylic acids is 1. The molecule has 1 rings (SSSR count). The Bertz CT molecular complexity index is 544. The molecule has 0 unspecified atom stereocenters. The van der Waals surface area contributed by atoms with Crippen molar-refractivity contribution >= 4 is 23.5 Å². The molecular formula is C15H21ClN2O4. The minimum absolute atomic E-state index is 0.0546. The van der Waals surface area contributed by atoms with Crippen LogP contribution in [0, 0.1) is 5.41 Å². The zero-order valence-electron chi connectivity index (χ0n) is 13.0. The minimum atomic E-state index is -0.960. The molecule has 0 aliphatic rings. The number of hydrogen-bond donors (Lipinski definition) is 2. The van der Waals surface area contributed by atoms with Gasteiger partial charge in [0, 0.05) is 12.7 Å². The van der Waals surface area contributed by atoms with Gasteiger partial charge in [0.15, 0.2) is 0 Å². The molecule has 2 N–H and O–H groups in total. The lowest BCUT2D eigenvalue weighted by molar-refractivity contribution is -0.149. The summed E-state index contributed by atoms with van der Waals surface area (Å²) in [5.74, 6) is -1.06. The second-order valence-electron chi connectivity index (χ2n) is 4.92. The van der Waals surface area contributed by atoms with Crippen LogP contribution in [-0.4, -0.2) is 35.1 Å². The summed E-state index contributed by atoms with van der Waals surface area (Å²) in [4.78, 5) is 27.5. The number of hydrogen-bond acceptors (Lipinski definition) is 4. The molecule has 0 spiro atoms. The number of carbonyl (C=O) groups excluding carboxylic acids is 1. The number of pyridine rings is 1. The Morgan fingerprint density at radius 2 is 2.00 bits per heavy atom. The van der Waals surface area contributed by atoms with Crippen LogP contribution < -0.4 is 10.1 Å². The Hall–Kier alpha value is -1.82. The van der Waals surface area contributed by atoms with Gasteiger partial charge >= 0.3 is 5.97 Å². The average molecular weight is 329 g/mol. The molecule has 0 saturated carbocycles. The van der Waals surface area contributed by atoms with Crippen LogP contribution in [0.4, 0.5) is 0 Å². The topological polar surface area (TPSA) is 88.5 Å². The van der Waals surface area contributed by atoms with E-state index in [0.717, 1.165) is 0 Å². The van der Waals surface area contributed by atoms with Crippen molar-refractivity contribution in [2.24, 2.45) is 5.41 Å². The highest BCUT2D eigenvalue weighted by Crippen LogP contribution is 2.26. The fourth-order valence-corrected chi connectivity index (χ4v) is 2.24. The van der Waals surface area contributed by atoms with Gasteiger partial charge in [-0.15, -0.1) is 0 Å². The van der Waals surface area contributed by atoms with Gasteiger partial charge in [-0.1, -0.05) is 25.4 Å². The van der Waals surface area contributed by atoms with Crippen molar-refractivity contribution in [3.8, 4) is 5.88 Å². The molecular weight excluding hydrogens is 308 g/mol. The average Bonchev–Trinajstić information content (AvgIpc) is 2.50. The number of ether oxygens (including phenoxy) is 1. The van der Waals surface area contributed by atoms with Gasteiger partial charge in [-0.25, -0.2) is 4.98 Å². The van der Waals surface area contributed by atoms with Crippen molar-refractivity contribution in [1.82, 2.24) is 10.3 Å². The van der Waals surface area contributed by atoms with Crippen LogP contribution in [0.1, 0.15) is 44.0 Å². The van der Waals surface area contributed by atoms with Crippen LogP contribution in [0.25, 0.3) is 0 Å². The molecule has 1 aromatic heterocycles. The summed E-state index contributed by atoms with van der Waals surface area (Å²) in [7, 11) is 0. The van der Waals surface area contributed by atoms with E-state index >= 15 is 0 Å². The van der Waals surface area contributed by atoms with Crippen molar-refractivity contribution in [1.29, 1.82) is 0 Å². The van der Waals surface area contributed by atoms with E-state index < -0.39 is 17.3 Å². The van der Waals surface area contributed by atoms with E-state index in [1.165, 1.54) is 12.3 Å². The van der Waals surface area contributed by atoms with Gasteiger partial charge in [0.25, 0.3) is 5.91 Å². The van der Waals surface area contributed by atoms with Crippen LogP contribution in [0.5, 0.6) is 5.88 Å². The first-order chi connectivity index (χ1) is 10.4. The van der Waals surface area contributed by atoms with Crippen LogP contribution in [-0.2, 0) is 4.79 Å². The third kappa shape index (κ3) is 4.10. The molecule has 122 valence electrons. The van der Waals surface area contributed by atoms with Gasteiger partial charge in [0.2, 0.25) is 5.88 Å². The summed E-state index contributed by atoms with van der Waals surface area (Å²) < 4.78 is 5.20. The van der Waals surface area contributed by atoms with Crippen molar-refractivity contribution in [3.63, 3.8) is 0 Å². The molecule has 6 nitrogen and oxygen atoms in total. The molecule has 0 aromatic carbocycles. The maximum atomic E-state index is 12.1. The van der Waals surface area contributed by atoms with Crippen LogP contribution >= 0.6 is 11.6 Å². The molecule has 1 amide bonds. The van der Waals surface area contributed by atoms with Gasteiger partial charge in [0.05, 0.1) is 17.6 Å². The van der Waals surface area contributed by atoms with Gasteiger partial charge in [-0.2, -0.15) is 0 Å². The first kappa shape index (κ1) is 18.2. The Kier molecular flexibility index (Phi) is 6.61. The van der Waals surface area contributed by atoms with Gasteiger partial charge < -0.3 is 15.2 Å². The minimum Gasteiger partial charge on any atom is -0.481 e. The fourth-order valence-electron chi connectivity index (χ4n) is 2.02. The molecule has 1 heterocycles. The Labute approximate surface area is 134 Å². The van der Waals surface area contributed by atoms with Crippen molar-refractivity contribution in [3.05, 3.63) is 22.8 Å². The molecule has 0 radical (unpaired) electrons. The maximum Gasteiger partial charge on any atom is 0.311 e. The molecule has 0 fully saturated rings. The van der Waals surface area contributed by atoms with E-state index in [1.54, 1.807) is 20.8 Å². The highest BCUT2D eigenvalue weighted by Gasteiger charge is 2.35. The zero-order valence-corrected chi connectivity index (χ0v) is 13.7. The van der Waals surface area contributed by atoms with Crippen molar-refractivity contribution in [2.75, 3.05) is 13.2 Å². The van der Waals surface area contributed by atoms with Gasteiger partial charge in [-0.3, -0.25) is 9.59 Å². The SMILES string of the molecule is CCOc1ncc(C(=O)NCC(CC)(CC)C(=O)O)cc1Cl.